The van der Waals surface area contributed by atoms with Gasteiger partial charge in [0, 0.05) is 50.0 Å². The van der Waals surface area contributed by atoms with Crippen molar-refractivity contribution >= 4 is 23.0 Å². The molecule has 0 aliphatic carbocycles. The summed E-state index contributed by atoms with van der Waals surface area (Å²) < 4.78 is 24.2. The molecule has 2 aliphatic heterocycles. The Morgan fingerprint density at radius 3 is 2.62 bits per heavy atom. The first-order valence-corrected chi connectivity index (χ1v) is 11.5. The maximum absolute atomic E-state index is 13.4. The molecule has 1 aromatic heterocycles. The van der Waals surface area contributed by atoms with Crippen molar-refractivity contribution in [1.29, 1.82) is 0 Å². The molecule has 8 heteroatoms. The zero-order chi connectivity index (χ0) is 22.9. The van der Waals surface area contributed by atoms with Crippen LogP contribution in [-0.2, 0) is 9.53 Å². The van der Waals surface area contributed by atoms with E-state index < -0.39 is 5.60 Å². The SMILES string of the molecule is CC(C)(C)OC(=O)N1CCC[C@@H](CC(=O)N2CCC(c3noc4cc(F)ccc34)CC2)C1. The van der Waals surface area contributed by atoms with Crippen molar-refractivity contribution in [1.82, 2.24) is 15.0 Å². The van der Waals surface area contributed by atoms with E-state index in [1.165, 1.54) is 12.1 Å². The van der Waals surface area contributed by atoms with Gasteiger partial charge in [0.25, 0.3) is 0 Å². The highest BCUT2D eigenvalue weighted by Gasteiger charge is 2.31. The highest BCUT2D eigenvalue weighted by Crippen LogP contribution is 2.33. The Labute approximate surface area is 187 Å². The number of nitrogens with zero attached hydrogens (tertiary/aromatic N) is 3. The topological polar surface area (TPSA) is 75.9 Å². The molecule has 0 saturated carbocycles. The number of hydrogen-bond donors (Lipinski definition) is 0. The first-order valence-electron chi connectivity index (χ1n) is 11.5. The number of amides is 2. The molecule has 0 unspecified atom stereocenters. The van der Waals surface area contributed by atoms with Gasteiger partial charge in [-0.1, -0.05) is 5.16 Å². The van der Waals surface area contributed by atoms with E-state index in [-0.39, 0.29) is 29.7 Å². The van der Waals surface area contributed by atoms with Crippen molar-refractivity contribution in [3.63, 3.8) is 0 Å². The Kier molecular flexibility index (Phi) is 6.40. The van der Waals surface area contributed by atoms with Crippen LogP contribution in [0.15, 0.2) is 22.7 Å². The average Bonchev–Trinajstić information content (AvgIpc) is 3.16. The second kappa shape index (κ2) is 9.08. The van der Waals surface area contributed by atoms with Crippen LogP contribution in [0.1, 0.15) is 64.5 Å². The Morgan fingerprint density at radius 1 is 1.16 bits per heavy atom. The minimum atomic E-state index is -0.520. The molecule has 1 atom stereocenters. The van der Waals surface area contributed by atoms with Crippen LogP contribution in [0.3, 0.4) is 0 Å². The lowest BCUT2D eigenvalue weighted by Crippen LogP contribution is -2.45. The van der Waals surface area contributed by atoms with E-state index in [4.69, 9.17) is 9.26 Å². The van der Waals surface area contributed by atoms with Gasteiger partial charge in [-0.3, -0.25) is 4.79 Å². The van der Waals surface area contributed by atoms with Crippen LogP contribution in [0.4, 0.5) is 9.18 Å². The summed E-state index contributed by atoms with van der Waals surface area (Å²) in [4.78, 5) is 29.0. The Morgan fingerprint density at radius 2 is 1.91 bits per heavy atom. The number of aromatic nitrogens is 1. The first-order chi connectivity index (χ1) is 15.2. The van der Waals surface area contributed by atoms with Crippen LogP contribution in [0.5, 0.6) is 0 Å². The number of fused-ring (bicyclic) bond motifs is 1. The number of rotatable bonds is 3. The largest absolute Gasteiger partial charge is 0.444 e. The third-order valence-corrected chi connectivity index (χ3v) is 6.33. The van der Waals surface area contributed by atoms with Crippen LogP contribution in [0, 0.1) is 11.7 Å². The average molecular weight is 446 g/mol. The van der Waals surface area contributed by atoms with Crippen LogP contribution >= 0.6 is 0 Å². The Bertz CT molecular complexity index is 975. The fourth-order valence-electron chi connectivity index (χ4n) is 4.73. The molecule has 2 fully saturated rings. The number of piperidine rings is 2. The summed E-state index contributed by atoms with van der Waals surface area (Å²) in [6.07, 6.45) is 3.60. The van der Waals surface area contributed by atoms with Gasteiger partial charge in [0.1, 0.15) is 11.4 Å². The second-order valence-electron chi connectivity index (χ2n) is 10.0. The van der Waals surface area contributed by atoms with Gasteiger partial charge in [-0.2, -0.15) is 0 Å². The monoisotopic (exact) mass is 445 g/mol. The molecule has 0 radical (unpaired) electrons. The molecule has 174 valence electrons. The highest BCUT2D eigenvalue weighted by atomic mass is 19.1. The van der Waals surface area contributed by atoms with E-state index in [1.807, 2.05) is 25.7 Å². The molecular weight excluding hydrogens is 413 g/mol. The lowest BCUT2D eigenvalue weighted by Gasteiger charge is -2.36. The molecule has 2 saturated heterocycles. The van der Waals surface area contributed by atoms with Gasteiger partial charge in [-0.05, 0) is 64.5 Å². The molecule has 7 nitrogen and oxygen atoms in total. The summed E-state index contributed by atoms with van der Waals surface area (Å²) in [5.41, 5.74) is 0.797. The molecule has 2 aliphatic rings. The number of ether oxygens (including phenoxy) is 1. The number of carbonyl (C=O) groups is 2. The third-order valence-electron chi connectivity index (χ3n) is 6.33. The molecule has 0 spiro atoms. The lowest BCUT2D eigenvalue weighted by molar-refractivity contribution is -0.133. The molecule has 4 rings (SSSR count). The minimum Gasteiger partial charge on any atom is -0.444 e. The molecule has 2 amide bonds. The number of likely N-dealkylation sites (tertiary alicyclic amines) is 2. The minimum absolute atomic E-state index is 0.145. The molecule has 0 bridgehead atoms. The van der Waals surface area contributed by atoms with Crippen LogP contribution < -0.4 is 0 Å². The van der Waals surface area contributed by atoms with Crippen LogP contribution in [0.25, 0.3) is 11.0 Å². The van der Waals surface area contributed by atoms with E-state index in [2.05, 4.69) is 5.16 Å². The maximum atomic E-state index is 13.4. The summed E-state index contributed by atoms with van der Waals surface area (Å²) in [5.74, 6) is 0.166. The molecule has 0 N–H and O–H groups in total. The molecule has 32 heavy (non-hydrogen) atoms. The molecule has 1 aromatic carbocycles. The third kappa shape index (κ3) is 5.22. The molecule has 3 heterocycles. The number of hydrogen-bond acceptors (Lipinski definition) is 5. The summed E-state index contributed by atoms with van der Waals surface area (Å²) >= 11 is 0. The Hall–Kier alpha value is -2.64. The predicted molar refractivity (Wildman–Crippen MR) is 118 cm³/mol. The normalized spacial score (nSPS) is 20.6. The molecular formula is C24H32FN3O4. The second-order valence-corrected chi connectivity index (χ2v) is 10.0. The van der Waals surface area contributed by atoms with Crippen LogP contribution in [-0.4, -0.2) is 58.7 Å². The fourth-order valence-corrected chi connectivity index (χ4v) is 4.73. The van der Waals surface area contributed by atoms with Crippen molar-refractivity contribution in [2.45, 2.75) is 64.4 Å². The standard InChI is InChI=1S/C24H32FN3O4/c1-24(2,3)31-23(30)28-10-4-5-16(15-28)13-21(29)27-11-8-17(9-12-27)22-19-7-6-18(25)14-20(19)32-26-22/h6-7,14,16-17H,4-5,8-13,15H2,1-3H3/t16-/m0/s1. The number of halogens is 1. The van der Waals surface area contributed by atoms with Crippen molar-refractivity contribution < 1.29 is 23.2 Å². The molecule has 2 aromatic rings. The summed E-state index contributed by atoms with van der Waals surface area (Å²) in [6.45, 7) is 8.17. The van der Waals surface area contributed by atoms with Crippen molar-refractivity contribution in [2.75, 3.05) is 26.2 Å². The van der Waals surface area contributed by atoms with E-state index in [0.717, 1.165) is 36.8 Å². The van der Waals surface area contributed by atoms with Gasteiger partial charge in [0.2, 0.25) is 5.91 Å². The Balaban J connectivity index is 1.29. The fraction of sp³-hybridized carbons (Fsp3) is 0.625. The van der Waals surface area contributed by atoms with E-state index in [9.17, 15) is 14.0 Å². The smallest absolute Gasteiger partial charge is 0.410 e. The highest BCUT2D eigenvalue weighted by molar-refractivity contribution is 5.80. The zero-order valence-corrected chi connectivity index (χ0v) is 19.1. The van der Waals surface area contributed by atoms with Crippen molar-refractivity contribution in [3.05, 3.63) is 29.7 Å². The van der Waals surface area contributed by atoms with Gasteiger partial charge in [-0.25, -0.2) is 9.18 Å². The van der Waals surface area contributed by atoms with Crippen LogP contribution in [0.2, 0.25) is 0 Å². The predicted octanol–water partition coefficient (Wildman–Crippen LogP) is 4.71. The summed E-state index contributed by atoms with van der Waals surface area (Å²) in [6, 6.07) is 4.50. The van der Waals surface area contributed by atoms with Gasteiger partial charge in [0.15, 0.2) is 5.58 Å². The van der Waals surface area contributed by atoms with E-state index in [0.29, 0.717) is 38.2 Å². The van der Waals surface area contributed by atoms with Gasteiger partial charge < -0.3 is 19.1 Å². The van der Waals surface area contributed by atoms with Crippen molar-refractivity contribution in [3.8, 4) is 0 Å². The lowest BCUT2D eigenvalue weighted by atomic mass is 9.90. The summed E-state index contributed by atoms with van der Waals surface area (Å²) in [5, 5.41) is 5.03. The quantitative estimate of drug-likeness (QED) is 0.684. The van der Waals surface area contributed by atoms with Gasteiger partial charge in [-0.15, -0.1) is 0 Å². The zero-order valence-electron chi connectivity index (χ0n) is 19.1. The van der Waals surface area contributed by atoms with E-state index >= 15 is 0 Å². The number of carbonyl (C=O) groups excluding carboxylic acids is 2. The van der Waals surface area contributed by atoms with Gasteiger partial charge in [0.05, 0.1) is 5.69 Å². The van der Waals surface area contributed by atoms with Gasteiger partial charge >= 0.3 is 6.09 Å². The summed E-state index contributed by atoms with van der Waals surface area (Å²) in [7, 11) is 0. The first kappa shape index (κ1) is 22.6. The van der Waals surface area contributed by atoms with E-state index in [1.54, 1.807) is 11.0 Å². The maximum Gasteiger partial charge on any atom is 0.410 e. The van der Waals surface area contributed by atoms with Crippen molar-refractivity contribution in [2.24, 2.45) is 5.92 Å². The number of benzene rings is 1.